The Kier molecular flexibility index (Phi) is 2.65. The number of aliphatic hydroxyl groups is 1. The first-order valence-corrected chi connectivity index (χ1v) is 5.17. The lowest BCUT2D eigenvalue weighted by atomic mass is 10.0. The highest BCUT2D eigenvalue weighted by molar-refractivity contribution is 5.84. The van der Waals surface area contributed by atoms with Crippen LogP contribution in [0.3, 0.4) is 0 Å². The van der Waals surface area contributed by atoms with Crippen LogP contribution in [0.4, 0.5) is 0 Å². The zero-order chi connectivity index (χ0) is 11.1. The molecular formula is C11H21NO2. The molecule has 0 aromatic heterocycles. The molecule has 0 radical (unpaired) electrons. The van der Waals surface area contributed by atoms with E-state index in [1.165, 1.54) is 0 Å². The minimum Gasteiger partial charge on any atom is -0.392 e. The predicted octanol–water partition coefficient (Wildman–Crippen LogP) is 1.17. The summed E-state index contributed by atoms with van der Waals surface area (Å²) >= 11 is 0. The third kappa shape index (κ3) is 1.65. The first-order chi connectivity index (χ1) is 6.21. The molecule has 1 rings (SSSR count). The van der Waals surface area contributed by atoms with Crippen molar-refractivity contribution in [1.29, 1.82) is 0 Å². The van der Waals surface area contributed by atoms with Crippen molar-refractivity contribution in [2.24, 2.45) is 16.7 Å². The van der Waals surface area contributed by atoms with E-state index >= 15 is 0 Å². The van der Waals surface area contributed by atoms with Gasteiger partial charge in [0, 0.05) is 12.5 Å². The van der Waals surface area contributed by atoms with Gasteiger partial charge in [0.05, 0.1) is 6.10 Å². The number of hydrogen-bond donors (Lipinski definition) is 2. The first-order valence-electron chi connectivity index (χ1n) is 5.17. The number of nitrogens with one attached hydrogen (secondary N) is 1. The predicted molar refractivity (Wildman–Crippen MR) is 55.7 cm³/mol. The van der Waals surface area contributed by atoms with E-state index in [2.05, 4.69) is 33.0 Å². The maximum atomic E-state index is 11.7. The molecule has 0 aromatic carbocycles. The molecule has 14 heavy (non-hydrogen) atoms. The van der Waals surface area contributed by atoms with Crippen LogP contribution < -0.4 is 5.32 Å². The van der Waals surface area contributed by atoms with E-state index in [1.54, 1.807) is 6.92 Å². The van der Waals surface area contributed by atoms with Crippen LogP contribution in [0.2, 0.25) is 0 Å². The second kappa shape index (κ2) is 3.23. The molecule has 0 spiro atoms. The normalized spacial score (nSPS) is 25.6. The van der Waals surface area contributed by atoms with Gasteiger partial charge in [-0.15, -0.1) is 0 Å². The van der Waals surface area contributed by atoms with Crippen LogP contribution in [-0.4, -0.2) is 23.7 Å². The van der Waals surface area contributed by atoms with Gasteiger partial charge in [-0.05, 0) is 17.8 Å². The molecule has 82 valence electrons. The van der Waals surface area contributed by atoms with Crippen LogP contribution in [0.25, 0.3) is 0 Å². The van der Waals surface area contributed by atoms with Crippen LogP contribution in [0.1, 0.15) is 34.6 Å². The highest BCUT2D eigenvalue weighted by Crippen LogP contribution is 2.68. The summed E-state index contributed by atoms with van der Waals surface area (Å²) in [6.07, 6.45) is -0.469. The van der Waals surface area contributed by atoms with E-state index in [-0.39, 0.29) is 22.7 Å². The van der Waals surface area contributed by atoms with E-state index in [1.807, 2.05) is 0 Å². The topological polar surface area (TPSA) is 49.3 Å². The summed E-state index contributed by atoms with van der Waals surface area (Å²) in [6, 6.07) is 0. The SMILES string of the molecule is C[C@H](O)CNC(=O)C1C(C)(C)C1(C)C. The Hall–Kier alpha value is -0.570. The third-order valence-corrected chi connectivity index (χ3v) is 3.85. The van der Waals surface area contributed by atoms with Gasteiger partial charge in [0.1, 0.15) is 0 Å². The number of carbonyl (C=O) groups excluding carboxylic acids is 1. The highest BCUT2D eigenvalue weighted by atomic mass is 16.3. The number of amides is 1. The Balaban J connectivity index is 2.50. The highest BCUT2D eigenvalue weighted by Gasteiger charge is 2.68. The van der Waals surface area contributed by atoms with Crippen molar-refractivity contribution >= 4 is 5.91 Å². The van der Waals surface area contributed by atoms with Crippen LogP contribution in [0.5, 0.6) is 0 Å². The number of rotatable bonds is 3. The maximum absolute atomic E-state index is 11.7. The van der Waals surface area contributed by atoms with E-state index in [9.17, 15) is 4.79 Å². The monoisotopic (exact) mass is 199 g/mol. The van der Waals surface area contributed by atoms with Gasteiger partial charge in [-0.1, -0.05) is 27.7 Å². The molecule has 0 saturated heterocycles. The Bertz CT molecular complexity index is 230. The van der Waals surface area contributed by atoms with Crippen LogP contribution >= 0.6 is 0 Å². The van der Waals surface area contributed by atoms with Gasteiger partial charge in [-0.25, -0.2) is 0 Å². The molecule has 0 unspecified atom stereocenters. The zero-order valence-electron chi connectivity index (χ0n) is 9.72. The molecule has 1 aliphatic carbocycles. The average Bonchev–Trinajstić information content (AvgIpc) is 2.39. The Morgan fingerprint density at radius 2 is 1.79 bits per heavy atom. The second-order valence-electron chi connectivity index (χ2n) is 5.47. The third-order valence-electron chi connectivity index (χ3n) is 3.85. The summed E-state index contributed by atoms with van der Waals surface area (Å²) in [5, 5.41) is 11.8. The van der Waals surface area contributed by atoms with Crippen LogP contribution in [0.15, 0.2) is 0 Å². The summed E-state index contributed by atoms with van der Waals surface area (Å²) in [6.45, 7) is 10.5. The van der Waals surface area contributed by atoms with Crippen molar-refractivity contribution in [1.82, 2.24) is 5.32 Å². The molecule has 0 aromatic rings. The molecule has 1 atom stereocenters. The fourth-order valence-corrected chi connectivity index (χ4v) is 2.20. The Labute approximate surface area is 85.9 Å². The van der Waals surface area contributed by atoms with Crippen molar-refractivity contribution < 1.29 is 9.90 Å². The molecule has 0 bridgehead atoms. The molecule has 1 fully saturated rings. The molecular weight excluding hydrogens is 178 g/mol. The number of hydrogen-bond acceptors (Lipinski definition) is 2. The molecule has 3 heteroatoms. The van der Waals surface area contributed by atoms with Gasteiger partial charge in [0.15, 0.2) is 0 Å². The van der Waals surface area contributed by atoms with E-state index < -0.39 is 6.10 Å². The van der Waals surface area contributed by atoms with Crippen molar-refractivity contribution in [2.45, 2.75) is 40.7 Å². The summed E-state index contributed by atoms with van der Waals surface area (Å²) in [4.78, 5) is 11.7. The molecule has 0 heterocycles. The molecule has 0 aliphatic heterocycles. The average molecular weight is 199 g/mol. The van der Waals surface area contributed by atoms with Gasteiger partial charge in [0.2, 0.25) is 5.91 Å². The van der Waals surface area contributed by atoms with E-state index in [0.29, 0.717) is 6.54 Å². The van der Waals surface area contributed by atoms with E-state index in [0.717, 1.165) is 0 Å². The van der Waals surface area contributed by atoms with E-state index in [4.69, 9.17) is 5.11 Å². The summed E-state index contributed by atoms with van der Waals surface area (Å²) in [5.74, 6) is 0.148. The molecule has 3 nitrogen and oxygen atoms in total. The fourth-order valence-electron chi connectivity index (χ4n) is 2.20. The van der Waals surface area contributed by atoms with Gasteiger partial charge in [0.25, 0.3) is 0 Å². The fraction of sp³-hybridized carbons (Fsp3) is 0.909. The molecule has 2 N–H and O–H groups in total. The van der Waals surface area contributed by atoms with Crippen molar-refractivity contribution in [3.63, 3.8) is 0 Å². The number of carbonyl (C=O) groups is 1. The summed E-state index contributed by atoms with van der Waals surface area (Å²) < 4.78 is 0. The first kappa shape index (κ1) is 11.5. The van der Waals surface area contributed by atoms with Crippen LogP contribution in [0, 0.1) is 16.7 Å². The lowest BCUT2D eigenvalue weighted by Crippen LogP contribution is -2.33. The van der Waals surface area contributed by atoms with Gasteiger partial charge < -0.3 is 10.4 Å². The standard InChI is InChI=1S/C11H21NO2/c1-7(13)6-12-9(14)8-10(2,3)11(8,4)5/h7-8,13H,6H2,1-5H3,(H,12,14)/t7-/m0/s1. The minimum atomic E-state index is -0.469. The minimum absolute atomic E-state index is 0.0703. The van der Waals surface area contributed by atoms with Crippen molar-refractivity contribution in [2.75, 3.05) is 6.54 Å². The maximum Gasteiger partial charge on any atom is 0.224 e. The Morgan fingerprint density at radius 1 is 1.36 bits per heavy atom. The number of aliphatic hydroxyl groups excluding tert-OH is 1. The van der Waals surface area contributed by atoms with Crippen molar-refractivity contribution in [3.05, 3.63) is 0 Å². The van der Waals surface area contributed by atoms with Crippen LogP contribution in [-0.2, 0) is 4.79 Å². The smallest absolute Gasteiger partial charge is 0.224 e. The quantitative estimate of drug-likeness (QED) is 0.716. The molecule has 1 saturated carbocycles. The second-order valence-corrected chi connectivity index (χ2v) is 5.47. The summed E-state index contributed by atoms with van der Waals surface area (Å²) in [5.41, 5.74) is 0.158. The lowest BCUT2D eigenvalue weighted by molar-refractivity contribution is -0.123. The largest absolute Gasteiger partial charge is 0.392 e. The van der Waals surface area contributed by atoms with Gasteiger partial charge >= 0.3 is 0 Å². The molecule has 1 aliphatic rings. The molecule has 1 amide bonds. The Morgan fingerprint density at radius 3 is 2.07 bits per heavy atom. The summed E-state index contributed by atoms with van der Waals surface area (Å²) in [7, 11) is 0. The lowest BCUT2D eigenvalue weighted by Gasteiger charge is -2.07. The zero-order valence-corrected chi connectivity index (χ0v) is 9.72. The van der Waals surface area contributed by atoms with Gasteiger partial charge in [-0.3, -0.25) is 4.79 Å². The van der Waals surface area contributed by atoms with Gasteiger partial charge in [-0.2, -0.15) is 0 Å². The van der Waals surface area contributed by atoms with Crippen molar-refractivity contribution in [3.8, 4) is 0 Å².